The first-order valence-electron chi connectivity index (χ1n) is 3.57. The van der Waals surface area contributed by atoms with Gasteiger partial charge in [-0.25, -0.2) is 4.79 Å². The minimum atomic E-state index is -0.155. The van der Waals surface area contributed by atoms with E-state index in [0.29, 0.717) is 12.3 Å². The Labute approximate surface area is 68.8 Å². The number of carbonyl (C=O) groups is 1. The summed E-state index contributed by atoms with van der Waals surface area (Å²) in [5.74, 6) is 0.189. The average Bonchev–Trinajstić information content (AvgIpc) is 2.77. The molecule has 1 aromatic heterocycles. The Morgan fingerprint density at radius 2 is 2.58 bits per heavy atom. The van der Waals surface area contributed by atoms with E-state index in [-0.39, 0.29) is 5.91 Å². The lowest BCUT2D eigenvalue weighted by molar-refractivity contribution is -0.403. The van der Waals surface area contributed by atoms with Gasteiger partial charge in [0.05, 0.1) is 6.26 Å². The number of amides is 1. The smallest absolute Gasteiger partial charge is 0.376 e. The third-order valence-electron chi connectivity index (χ3n) is 1.58. The quantitative estimate of drug-likeness (QED) is 0.567. The monoisotopic (exact) mass is 163 g/mol. The van der Waals surface area contributed by atoms with Crippen LogP contribution in [0.25, 0.3) is 0 Å². The Kier molecular flexibility index (Phi) is 1.59. The van der Waals surface area contributed by atoms with Gasteiger partial charge in [-0.15, -0.1) is 0 Å². The molecule has 0 saturated carbocycles. The lowest BCUT2D eigenvalue weighted by Crippen LogP contribution is -2.19. The van der Waals surface area contributed by atoms with Gasteiger partial charge in [0.2, 0.25) is 5.76 Å². The van der Waals surface area contributed by atoms with E-state index in [4.69, 9.17) is 4.42 Å². The highest BCUT2D eigenvalue weighted by Gasteiger charge is 2.20. The molecule has 4 nitrogen and oxygen atoms in total. The lowest BCUT2D eigenvalue weighted by Gasteiger charge is -1.92. The van der Waals surface area contributed by atoms with Crippen molar-refractivity contribution in [2.75, 3.05) is 6.54 Å². The summed E-state index contributed by atoms with van der Waals surface area (Å²) < 4.78 is 6.43. The third kappa shape index (κ3) is 1.07. The minimum absolute atomic E-state index is 0.155. The molecule has 0 aromatic carbocycles. The maximum atomic E-state index is 11.4. The predicted molar refractivity (Wildman–Crippen MR) is 42.7 cm³/mol. The zero-order valence-electron chi connectivity index (χ0n) is 6.30. The zero-order valence-corrected chi connectivity index (χ0v) is 6.30. The highest BCUT2D eigenvalue weighted by Crippen LogP contribution is 2.02. The van der Waals surface area contributed by atoms with Crippen molar-refractivity contribution in [2.45, 2.75) is 0 Å². The molecule has 0 bridgehead atoms. The van der Waals surface area contributed by atoms with E-state index in [9.17, 15) is 4.79 Å². The summed E-state index contributed by atoms with van der Waals surface area (Å²) in [4.78, 5) is 15.2. The van der Waals surface area contributed by atoms with Crippen LogP contribution in [0.15, 0.2) is 27.8 Å². The van der Waals surface area contributed by atoms with Crippen molar-refractivity contribution < 1.29 is 13.8 Å². The number of carbonyl (C=O) groups excluding carboxylic acids is 1. The first kappa shape index (κ1) is 6.97. The van der Waals surface area contributed by atoms with Crippen molar-refractivity contribution in [3.8, 4) is 0 Å². The highest BCUT2D eigenvalue weighted by molar-refractivity contribution is 5.90. The van der Waals surface area contributed by atoms with Crippen molar-refractivity contribution >= 4 is 18.5 Å². The first-order valence-corrected chi connectivity index (χ1v) is 3.57. The van der Waals surface area contributed by atoms with Gasteiger partial charge in [-0.2, -0.15) is 4.58 Å². The number of aliphatic imine (C=N–C) groups is 1. The van der Waals surface area contributed by atoms with Gasteiger partial charge in [0.25, 0.3) is 6.34 Å². The van der Waals surface area contributed by atoms with Gasteiger partial charge >= 0.3 is 5.91 Å². The molecule has 1 aromatic rings. The number of nitrogens with zero attached hydrogens (tertiary/aromatic N) is 2. The zero-order chi connectivity index (χ0) is 8.39. The van der Waals surface area contributed by atoms with Crippen LogP contribution >= 0.6 is 0 Å². The minimum Gasteiger partial charge on any atom is -0.457 e. The summed E-state index contributed by atoms with van der Waals surface area (Å²) in [5.41, 5.74) is 0. The van der Waals surface area contributed by atoms with Crippen LogP contribution in [0, 0.1) is 0 Å². The van der Waals surface area contributed by atoms with Crippen molar-refractivity contribution in [1.29, 1.82) is 0 Å². The Morgan fingerprint density at radius 3 is 3.17 bits per heavy atom. The Balaban J connectivity index is 2.22. The van der Waals surface area contributed by atoms with Crippen LogP contribution in [0.3, 0.4) is 0 Å². The van der Waals surface area contributed by atoms with Crippen LogP contribution < -0.4 is 0 Å². The SMILES string of the molecule is O=C(c1ccco1)[N+]1=CN=CC1. The maximum Gasteiger partial charge on any atom is 0.376 e. The normalized spacial score (nSPS) is 14.8. The molecule has 0 atom stereocenters. The fraction of sp³-hybridized carbons (Fsp3) is 0.125. The lowest BCUT2D eigenvalue weighted by atomic mass is 10.4. The van der Waals surface area contributed by atoms with Gasteiger partial charge in [0.1, 0.15) is 0 Å². The molecule has 0 fully saturated rings. The summed E-state index contributed by atoms with van der Waals surface area (Å²) in [7, 11) is 0. The van der Waals surface area contributed by atoms with Crippen LogP contribution in [0.5, 0.6) is 0 Å². The number of rotatable bonds is 1. The van der Waals surface area contributed by atoms with Crippen molar-refractivity contribution in [2.24, 2.45) is 4.99 Å². The number of furan rings is 1. The van der Waals surface area contributed by atoms with Gasteiger partial charge < -0.3 is 4.42 Å². The Morgan fingerprint density at radius 1 is 1.67 bits per heavy atom. The molecule has 1 aliphatic heterocycles. The second kappa shape index (κ2) is 2.73. The molecule has 0 saturated heterocycles. The van der Waals surface area contributed by atoms with E-state index >= 15 is 0 Å². The molecular weight excluding hydrogens is 156 g/mol. The van der Waals surface area contributed by atoms with Gasteiger partial charge in [-0.1, -0.05) is 4.99 Å². The molecule has 60 valence electrons. The molecule has 0 unspecified atom stereocenters. The average molecular weight is 163 g/mol. The summed E-state index contributed by atoms with van der Waals surface area (Å²) in [5, 5.41) is 0. The molecule has 1 amide bonds. The van der Waals surface area contributed by atoms with Crippen LogP contribution in [-0.4, -0.2) is 29.6 Å². The molecule has 2 heterocycles. The molecular formula is C8H7N2O2+. The molecule has 0 N–H and O–H groups in total. The summed E-state index contributed by atoms with van der Waals surface area (Å²) in [6.07, 6.45) is 4.63. The van der Waals surface area contributed by atoms with E-state index in [1.165, 1.54) is 17.2 Å². The molecule has 0 aliphatic carbocycles. The highest BCUT2D eigenvalue weighted by atomic mass is 16.3. The van der Waals surface area contributed by atoms with E-state index in [1.54, 1.807) is 18.3 Å². The van der Waals surface area contributed by atoms with Gasteiger partial charge in [-0.3, -0.25) is 0 Å². The summed E-state index contributed by atoms with van der Waals surface area (Å²) in [6.45, 7) is 0.527. The molecule has 2 rings (SSSR count). The van der Waals surface area contributed by atoms with Crippen molar-refractivity contribution in [1.82, 2.24) is 0 Å². The number of hydrogen-bond donors (Lipinski definition) is 0. The summed E-state index contributed by atoms with van der Waals surface area (Å²) >= 11 is 0. The van der Waals surface area contributed by atoms with Crippen LogP contribution in [0.4, 0.5) is 0 Å². The number of hydrogen-bond acceptors (Lipinski definition) is 3. The Hall–Kier alpha value is -1.71. The van der Waals surface area contributed by atoms with Gasteiger partial charge in [0.15, 0.2) is 12.8 Å². The van der Waals surface area contributed by atoms with Crippen molar-refractivity contribution in [3.63, 3.8) is 0 Å². The molecule has 0 spiro atoms. The van der Waals surface area contributed by atoms with Crippen LogP contribution in [-0.2, 0) is 0 Å². The van der Waals surface area contributed by atoms with E-state index < -0.39 is 0 Å². The van der Waals surface area contributed by atoms with E-state index in [2.05, 4.69) is 4.99 Å². The van der Waals surface area contributed by atoms with Crippen molar-refractivity contribution in [3.05, 3.63) is 24.2 Å². The maximum absolute atomic E-state index is 11.4. The van der Waals surface area contributed by atoms with Gasteiger partial charge in [0, 0.05) is 0 Å². The predicted octanol–water partition coefficient (Wildman–Crippen LogP) is 0.545. The van der Waals surface area contributed by atoms with Crippen LogP contribution in [0.2, 0.25) is 0 Å². The second-order valence-corrected chi connectivity index (χ2v) is 2.38. The molecule has 0 radical (unpaired) electrons. The second-order valence-electron chi connectivity index (χ2n) is 2.38. The standard InChI is InChI=1S/C8H7N2O2/c11-8(7-2-1-5-12-7)10-4-3-9-6-10/h1-3,5-6H,4H2/q+1. The molecule has 1 aliphatic rings. The molecule has 4 heteroatoms. The fourth-order valence-corrected chi connectivity index (χ4v) is 0.987. The van der Waals surface area contributed by atoms with E-state index in [0.717, 1.165) is 0 Å². The van der Waals surface area contributed by atoms with Crippen LogP contribution in [0.1, 0.15) is 10.6 Å². The first-order chi connectivity index (χ1) is 5.88. The molecule has 12 heavy (non-hydrogen) atoms. The third-order valence-corrected chi connectivity index (χ3v) is 1.58. The topological polar surface area (TPSA) is 45.6 Å². The largest absolute Gasteiger partial charge is 0.457 e. The van der Waals surface area contributed by atoms with E-state index in [1.807, 2.05) is 0 Å². The summed E-state index contributed by atoms with van der Waals surface area (Å²) in [6, 6.07) is 3.32. The van der Waals surface area contributed by atoms with Gasteiger partial charge in [-0.05, 0) is 12.1 Å². The fourth-order valence-electron chi connectivity index (χ4n) is 0.987. The Bertz CT molecular complexity index is 349.